The molecule has 2 aromatic rings. The van der Waals surface area contributed by atoms with Gasteiger partial charge >= 0.3 is 5.97 Å². The molecule has 1 unspecified atom stereocenters. The SMILES string of the molecule is CC(C)c1nc(C2CCCN(c3cnc(C(=O)O)cn3)C2)no1. The van der Waals surface area contributed by atoms with E-state index in [1.807, 2.05) is 13.8 Å². The number of aromatic carboxylic acids is 1. The second kappa shape index (κ2) is 6.31. The first-order valence-electron chi connectivity index (χ1n) is 7.68. The summed E-state index contributed by atoms with van der Waals surface area (Å²) in [6.07, 6.45) is 4.76. The molecule has 1 aliphatic heterocycles. The summed E-state index contributed by atoms with van der Waals surface area (Å²) >= 11 is 0. The van der Waals surface area contributed by atoms with Gasteiger partial charge in [0.25, 0.3) is 0 Å². The molecular formula is C15H19N5O3. The van der Waals surface area contributed by atoms with Crippen LogP contribution in [0, 0.1) is 0 Å². The number of nitrogens with zero attached hydrogens (tertiary/aromatic N) is 5. The fourth-order valence-electron chi connectivity index (χ4n) is 2.64. The molecule has 0 radical (unpaired) electrons. The van der Waals surface area contributed by atoms with Gasteiger partial charge in [0.05, 0.1) is 12.4 Å². The largest absolute Gasteiger partial charge is 0.476 e. The summed E-state index contributed by atoms with van der Waals surface area (Å²) in [5.41, 5.74) is -0.0537. The van der Waals surface area contributed by atoms with E-state index in [0.717, 1.165) is 31.8 Å². The van der Waals surface area contributed by atoms with Crippen LogP contribution in [0.1, 0.15) is 60.7 Å². The highest BCUT2D eigenvalue weighted by molar-refractivity contribution is 5.84. The van der Waals surface area contributed by atoms with Crippen molar-refractivity contribution in [3.05, 3.63) is 29.8 Å². The summed E-state index contributed by atoms with van der Waals surface area (Å²) < 4.78 is 5.29. The Morgan fingerprint density at radius 3 is 2.83 bits per heavy atom. The van der Waals surface area contributed by atoms with Crippen molar-refractivity contribution in [1.82, 2.24) is 20.1 Å². The summed E-state index contributed by atoms with van der Waals surface area (Å²) in [6.45, 7) is 5.61. The molecule has 0 saturated carbocycles. The molecule has 3 rings (SSSR count). The Balaban J connectivity index is 1.73. The number of carbonyl (C=O) groups is 1. The monoisotopic (exact) mass is 317 g/mol. The zero-order valence-corrected chi connectivity index (χ0v) is 13.1. The lowest BCUT2D eigenvalue weighted by Crippen LogP contribution is -2.35. The molecule has 122 valence electrons. The maximum absolute atomic E-state index is 10.8. The molecule has 0 spiro atoms. The van der Waals surface area contributed by atoms with Crippen LogP contribution in [0.25, 0.3) is 0 Å². The smallest absolute Gasteiger partial charge is 0.356 e. The van der Waals surface area contributed by atoms with Gasteiger partial charge in [-0.1, -0.05) is 19.0 Å². The summed E-state index contributed by atoms with van der Waals surface area (Å²) in [5, 5.41) is 13.0. The first kappa shape index (κ1) is 15.4. The van der Waals surface area contributed by atoms with Crippen LogP contribution in [0.4, 0.5) is 5.82 Å². The van der Waals surface area contributed by atoms with E-state index in [2.05, 4.69) is 25.0 Å². The highest BCUT2D eigenvalue weighted by atomic mass is 16.5. The number of rotatable bonds is 4. The summed E-state index contributed by atoms with van der Waals surface area (Å²) in [5.74, 6) is 1.38. The number of hydrogen-bond acceptors (Lipinski definition) is 7. The van der Waals surface area contributed by atoms with Crippen LogP contribution in [-0.2, 0) is 0 Å². The second-order valence-corrected chi connectivity index (χ2v) is 6.00. The molecule has 1 fully saturated rings. The fraction of sp³-hybridized carbons (Fsp3) is 0.533. The number of piperidine rings is 1. The summed E-state index contributed by atoms with van der Waals surface area (Å²) in [6, 6.07) is 0. The number of aromatic nitrogens is 4. The fourth-order valence-corrected chi connectivity index (χ4v) is 2.64. The molecule has 3 heterocycles. The van der Waals surface area contributed by atoms with Gasteiger partial charge in [-0.2, -0.15) is 4.98 Å². The van der Waals surface area contributed by atoms with E-state index >= 15 is 0 Å². The molecule has 1 saturated heterocycles. The average Bonchev–Trinajstić information content (AvgIpc) is 3.05. The molecule has 1 atom stereocenters. The molecule has 2 aromatic heterocycles. The highest BCUT2D eigenvalue weighted by Crippen LogP contribution is 2.28. The van der Waals surface area contributed by atoms with Crippen LogP contribution in [-0.4, -0.2) is 44.3 Å². The van der Waals surface area contributed by atoms with Crippen molar-refractivity contribution in [3.8, 4) is 0 Å². The van der Waals surface area contributed by atoms with E-state index in [1.165, 1.54) is 12.4 Å². The van der Waals surface area contributed by atoms with Gasteiger partial charge in [-0.25, -0.2) is 14.8 Å². The first-order valence-corrected chi connectivity index (χ1v) is 7.68. The standard InChI is InChI=1S/C15H19N5O3/c1-9(2)14-18-13(19-23-14)10-4-3-5-20(8-10)12-7-16-11(6-17-12)15(21)22/h6-7,9-10H,3-5,8H2,1-2H3,(H,21,22). The predicted molar refractivity (Wildman–Crippen MR) is 81.6 cm³/mol. The molecule has 23 heavy (non-hydrogen) atoms. The van der Waals surface area contributed by atoms with E-state index in [9.17, 15) is 4.79 Å². The predicted octanol–water partition coefficient (Wildman–Crippen LogP) is 2.07. The average molecular weight is 317 g/mol. The molecule has 1 N–H and O–H groups in total. The van der Waals surface area contributed by atoms with Crippen molar-refractivity contribution in [1.29, 1.82) is 0 Å². The second-order valence-electron chi connectivity index (χ2n) is 6.00. The van der Waals surface area contributed by atoms with Gasteiger partial charge in [-0.3, -0.25) is 0 Å². The van der Waals surface area contributed by atoms with Crippen molar-refractivity contribution in [2.24, 2.45) is 0 Å². The van der Waals surface area contributed by atoms with Crippen molar-refractivity contribution in [3.63, 3.8) is 0 Å². The van der Waals surface area contributed by atoms with Crippen molar-refractivity contribution in [2.75, 3.05) is 18.0 Å². The van der Waals surface area contributed by atoms with Crippen LogP contribution in [0.2, 0.25) is 0 Å². The Hall–Kier alpha value is -2.51. The Morgan fingerprint density at radius 2 is 2.22 bits per heavy atom. The van der Waals surface area contributed by atoms with Crippen LogP contribution < -0.4 is 4.90 Å². The maximum atomic E-state index is 10.8. The minimum absolute atomic E-state index is 0.0537. The number of carboxylic acids is 1. The van der Waals surface area contributed by atoms with Crippen LogP contribution in [0.5, 0.6) is 0 Å². The first-order chi connectivity index (χ1) is 11.0. The van der Waals surface area contributed by atoms with Crippen molar-refractivity contribution in [2.45, 2.75) is 38.5 Å². The van der Waals surface area contributed by atoms with Gasteiger partial charge in [0.1, 0.15) is 5.82 Å². The van der Waals surface area contributed by atoms with Crippen LogP contribution in [0.15, 0.2) is 16.9 Å². The van der Waals surface area contributed by atoms with Gasteiger partial charge in [-0.05, 0) is 12.8 Å². The summed E-state index contributed by atoms with van der Waals surface area (Å²) in [4.78, 5) is 25.5. The van der Waals surface area contributed by atoms with Gasteiger partial charge in [0.2, 0.25) is 5.89 Å². The van der Waals surface area contributed by atoms with E-state index in [4.69, 9.17) is 9.63 Å². The molecule has 1 aliphatic rings. The zero-order chi connectivity index (χ0) is 16.4. The van der Waals surface area contributed by atoms with Gasteiger partial charge < -0.3 is 14.5 Å². The van der Waals surface area contributed by atoms with Gasteiger partial charge in [0, 0.05) is 24.9 Å². The molecule has 8 nitrogen and oxygen atoms in total. The van der Waals surface area contributed by atoms with Crippen LogP contribution >= 0.6 is 0 Å². The lowest BCUT2D eigenvalue weighted by molar-refractivity contribution is 0.0690. The molecule has 0 aliphatic carbocycles. The normalized spacial score (nSPS) is 18.4. The third-order valence-corrected chi connectivity index (χ3v) is 3.92. The lowest BCUT2D eigenvalue weighted by atomic mass is 9.97. The lowest BCUT2D eigenvalue weighted by Gasteiger charge is -2.31. The Labute approximate surface area is 133 Å². The topological polar surface area (TPSA) is 105 Å². The Bertz CT molecular complexity index is 683. The molecule has 0 bridgehead atoms. The number of anilines is 1. The Morgan fingerprint density at radius 1 is 1.39 bits per heavy atom. The third kappa shape index (κ3) is 3.30. The maximum Gasteiger partial charge on any atom is 0.356 e. The number of carboxylic acid groups (broad SMARTS) is 1. The molecule has 0 aromatic carbocycles. The number of hydrogen-bond donors (Lipinski definition) is 1. The zero-order valence-electron chi connectivity index (χ0n) is 13.1. The highest BCUT2D eigenvalue weighted by Gasteiger charge is 2.26. The molecule has 8 heteroatoms. The van der Waals surface area contributed by atoms with Gasteiger partial charge in [-0.15, -0.1) is 0 Å². The van der Waals surface area contributed by atoms with E-state index in [0.29, 0.717) is 11.7 Å². The molecule has 0 amide bonds. The van der Waals surface area contributed by atoms with E-state index < -0.39 is 5.97 Å². The van der Waals surface area contributed by atoms with E-state index in [1.54, 1.807) is 0 Å². The minimum atomic E-state index is -1.08. The van der Waals surface area contributed by atoms with Gasteiger partial charge in [0.15, 0.2) is 11.5 Å². The van der Waals surface area contributed by atoms with Crippen molar-refractivity contribution < 1.29 is 14.4 Å². The van der Waals surface area contributed by atoms with Crippen LogP contribution in [0.3, 0.4) is 0 Å². The summed E-state index contributed by atoms with van der Waals surface area (Å²) in [7, 11) is 0. The van der Waals surface area contributed by atoms with Crippen molar-refractivity contribution >= 4 is 11.8 Å². The Kier molecular flexibility index (Phi) is 4.22. The quantitative estimate of drug-likeness (QED) is 0.913. The minimum Gasteiger partial charge on any atom is -0.476 e. The van der Waals surface area contributed by atoms with E-state index in [-0.39, 0.29) is 17.5 Å². The molecular weight excluding hydrogens is 298 g/mol. The third-order valence-electron chi connectivity index (χ3n) is 3.92.